The fourth-order valence-electron chi connectivity index (χ4n) is 1.87. The molecule has 1 aromatic carbocycles. The van der Waals surface area contributed by atoms with Crippen LogP contribution < -0.4 is 10.1 Å². The lowest BCUT2D eigenvalue weighted by Gasteiger charge is -2.24. The van der Waals surface area contributed by atoms with E-state index in [0.717, 1.165) is 0 Å². The minimum Gasteiger partial charge on any atom is -0.504 e. The number of ether oxygens (including phenoxy) is 2. The van der Waals surface area contributed by atoms with Crippen LogP contribution in [-0.4, -0.2) is 30.1 Å². The fraction of sp³-hybridized carbons (Fsp3) is 0.600. The average Bonchev–Trinajstić information content (AvgIpc) is 2.51. The molecular weight excluding hydrogens is 334 g/mol. The zero-order chi connectivity index (χ0) is 20.1. The van der Waals surface area contributed by atoms with Crippen LogP contribution in [0.2, 0.25) is 0 Å². The minimum atomic E-state index is -0.704. The predicted molar refractivity (Wildman–Crippen MR) is 100 cm³/mol. The van der Waals surface area contributed by atoms with Crippen molar-refractivity contribution in [2.45, 2.75) is 54.6 Å². The molecule has 0 aliphatic carbocycles. The Morgan fingerprint density at radius 3 is 2.15 bits per heavy atom. The van der Waals surface area contributed by atoms with E-state index in [1.165, 1.54) is 12.1 Å². The molecule has 0 amide bonds. The highest BCUT2D eigenvalue weighted by atomic mass is 16.5. The minimum absolute atomic E-state index is 0.0516. The first-order valence-electron chi connectivity index (χ1n) is 8.83. The van der Waals surface area contributed by atoms with Crippen LogP contribution in [0.5, 0.6) is 11.5 Å². The van der Waals surface area contributed by atoms with Gasteiger partial charge in [-0.3, -0.25) is 9.59 Å². The van der Waals surface area contributed by atoms with E-state index in [4.69, 9.17) is 9.47 Å². The van der Waals surface area contributed by atoms with Gasteiger partial charge in [0.2, 0.25) is 0 Å². The van der Waals surface area contributed by atoms with Crippen LogP contribution in [0.3, 0.4) is 0 Å². The molecule has 26 heavy (non-hydrogen) atoms. The molecule has 0 radical (unpaired) electrons. The molecule has 0 spiro atoms. The maximum atomic E-state index is 12.3. The van der Waals surface area contributed by atoms with E-state index in [1.54, 1.807) is 47.6 Å². The predicted octanol–water partition coefficient (Wildman–Crippen LogP) is 3.58. The van der Waals surface area contributed by atoms with E-state index in [-0.39, 0.29) is 17.5 Å². The van der Waals surface area contributed by atoms with Crippen LogP contribution in [0.4, 0.5) is 0 Å². The summed E-state index contributed by atoms with van der Waals surface area (Å²) < 4.78 is 11.0. The Morgan fingerprint density at radius 2 is 1.65 bits per heavy atom. The maximum Gasteiger partial charge on any atom is 0.316 e. The molecule has 0 bridgehead atoms. The first-order valence-corrected chi connectivity index (χ1v) is 8.83. The molecule has 0 aliphatic heterocycles. The molecule has 6 heteroatoms. The summed E-state index contributed by atoms with van der Waals surface area (Å²) in [6.45, 7) is 13.6. The number of hydrogen-bond acceptors (Lipinski definition) is 6. The number of nitrogens with one attached hydrogen (secondary N) is 1. The zero-order valence-electron chi connectivity index (χ0n) is 16.8. The topological polar surface area (TPSA) is 84.9 Å². The molecule has 0 unspecified atom stereocenters. The lowest BCUT2D eigenvalue weighted by molar-refractivity contribution is -0.159. The molecule has 0 saturated carbocycles. The van der Waals surface area contributed by atoms with Gasteiger partial charge in [-0.05, 0) is 65.8 Å². The van der Waals surface area contributed by atoms with Crippen LogP contribution in [-0.2, 0) is 14.3 Å². The fourth-order valence-corrected chi connectivity index (χ4v) is 1.87. The molecule has 1 atom stereocenters. The van der Waals surface area contributed by atoms with Crippen molar-refractivity contribution in [2.75, 3.05) is 13.1 Å². The van der Waals surface area contributed by atoms with Crippen molar-refractivity contribution < 1.29 is 24.2 Å². The highest BCUT2D eigenvalue weighted by molar-refractivity contribution is 5.78. The monoisotopic (exact) mass is 365 g/mol. The van der Waals surface area contributed by atoms with Crippen molar-refractivity contribution in [2.24, 2.45) is 10.8 Å². The molecule has 146 valence electrons. The lowest BCUT2D eigenvalue weighted by atomic mass is 9.97. The van der Waals surface area contributed by atoms with Gasteiger partial charge in [0, 0.05) is 6.54 Å². The first kappa shape index (κ1) is 22.0. The highest BCUT2D eigenvalue weighted by Crippen LogP contribution is 2.33. The van der Waals surface area contributed by atoms with Crippen LogP contribution in [0.1, 0.15) is 60.1 Å². The molecule has 0 fully saturated rings. The Bertz CT molecular complexity index is 641. The number of carbonyl (C=O) groups excluding carboxylic acids is 2. The number of rotatable bonds is 6. The Kier molecular flexibility index (Phi) is 7.21. The Hall–Kier alpha value is -2.08. The summed E-state index contributed by atoms with van der Waals surface area (Å²) in [5.41, 5.74) is -0.703. The lowest BCUT2D eigenvalue weighted by Crippen LogP contribution is -2.30. The molecule has 6 nitrogen and oxygen atoms in total. The molecular formula is C20H31NO5. The summed E-state index contributed by atoms with van der Waals surface area (Å²) in [7, 11) is 0. The van der Waals surface area contributed by atoms with E-state index < -0.39 is 22.9 Å². The van der Waals surface area contributed by atoms with Gasteiger partial charge in [-0.1, -0.05) is 13.0 Å². The Balaban J connectivity index is 3.12. The van der Waals surface area contributed by atoms with Crippen molar-refractivity contribution in [3.8, 4) is 11.5 Å². The maximum absolute atomic E-state index is 12.3. The number of phenols is 1. The first-order chi connectivity index (χ1) is 11.9. The molecule has 0 aliphatic rings. The summed E-state index contributed by atoms with van der Waals surface area (Å²) in [6, 6.07) is 4.63. The average molecular weight is 365 g/mol. The highest BCUT2D eigenvalue weighted by Gasteiger charge is 2.28. The van der Waals surface area contributed by atoms with Crippen molar-refractivity contribution in [1.29, 1.82) is 0 Å². The van der Waals surface area contributed by atoms with Gasteiger partial charge >= 0.3 is 11.9 Å². The van der Waals surface area contributed by atoms with E-state index in [9.17, 15) is 14.7 Å². The number of phenolic OH excluding ortho intramolecular Hbond substituents is 1. The molecule has 0 aromatic heterocycles. The van der Waals surface area contributed by atoms with Gasteiger partial charge in [-0.2, -0.15) is 0 Å². The van der Waals surface area contributed by atoms with E-state index in [1.807, 2.05) is 6.92 Å². The van der Waals surface area contributed by atoms with E-state index >= 15 is 0 Å². The number of likely N-dealkylation sites (N-methyl/N-ethyl adjacent to an activating group) is 1. The van der Waals surface area contributed by atoms with Gasteiger partial charge in [-0.15, -0.1) is 0 Å². The molecule has 2 N–H and O–H groups in total. The smallest absolute Gasteiger partial charge is 0.316 e. The number of carbonyl (C=O) groups is 2. The second-order valence-corrected chi connectivity index (χ2v) is 8.32. The Morgan fingerprint density at radius 1 is 1.08 bits per heavy atom. The van der Waals surface area contributed by atoms with Crippen LogP contribution in [0, 0.1) is 10.8 Å². The van der Waals surface area contributed by atoms with E-state index in [2.05, 4.69) is 5.32 Å². The molecule has 1 aromatic rings. The zero-order valence-corrected chi connectivity index (χ0v) is 16.8. The van der Waals surface area contributed by atoms with Gasteiger partial charge in [0.15, 0.2) is 11.5 Å². The van der Waals surface area contributed by atoms with Gasteiger partial charge in [-0.25, -0.2) is 0 Å². The summed E-state index contributed by atoms with van der Waals surface area (Å²) in [6.07, 6.45) is -0.561. The largest absolute Gasteiger partial charge is 0.504 e. The van der Waals surface area contributed by atoms with Crippen molar-refractivity contribution in [3.63, 3.8) is 0 Å². The van der Waals surface area contributed by atoms with Crippen molar-refractivity contribution in [3.05, 3.63) is 23.8 Å². The summed E-state index contributed by atoms with van der Waals surface area (Å²) in [4.78, 5) is 24.4. The second-order valence-electron chi connectivity index (χ2n) is 8.32. The number of hydrogen-bond donors (Lipinski definition) is 2. The van der Waals surface area contributed by atoms with Gasteiger partial charge in [0.05, 0.1) is 10.8 Å². The van der Waals surface area contributed by atoms with Crippen LogP contribution in [0.15, 0.2) is 18.2 Å². The number of aromatic hydroxyl groups is 1. The van der Waals surface area contributed by atoms with E-state index in [0.29, 0.717) is 18.7 Å². The summed E-state index contributed by atoms with van der Waals surface area (Å²) >= 11 is 0. The number of benzene rings is 1. The molecule has 1 rings (SSSR count). The quantitative estimate of drug-likeness (QED) is 0.592. The van der Waals surface area contributed by atoms with Crippen molar-refractivity contribution >= 4 is 11.9 Å². The van der Waals surface area contributed by atoms with Crippen LogP contribution in [0.25, 0.3) is 0 Å². The van der Waals surface area contributed by atoms with Gasteiger partial charge in [0.1, 0.15) is 6.10 Å². The summed E-state index contributed by atoms with van der Waals surface area (Å²) in [5.74, 6) is -0.881. The van der Waals surface area contributed by atoms with Crippen LogP contribution >= 0.6 is 0 Å². The standard InChI is InChI=1S/C20H31NO5/c1-8-21-12-16(26-18(24)20(5,6)7)13-9-10-14(22)15(11-13)25-17(23)19(2,3)4/h9-11,16,21-22H,8,12H2,1-7H3/t16-/m1/s1. The second kappa shape index (κ2) is 8.54. The van der Waals surface area contributed by atoms with Gasteiger partial charge in [0.25, 0.3) is 0 Å². The Labute approximate surface area is 155 Å². The van der Waals surface area contributed by atoms with Crippen molar-refractivity contribution in [1.82, 2.24) is 5.32 Å². The summed E-state index contributed by atoms with van der Waals surface area (Å²) in [5, 5.41) is 13.2. The molecule has 0 saturated heterocycles. The number of esters is 2. The van der Waals surface area contributed by atoms with Gasteiger partial charge < -0.3 is 19.9 Å². The third kappa shape index (κ3) is 6.33. The third-order valence-electron chi connectivity index (χ3n) is 3.61. The third-order valence-corrected chi connectivity index (χ3v) is 3.61. The molecule has 0 heterocycles. The SMILES string of the molecule is CCNC[C@@H](OC(=O)C(C)(C)C)c1ccc(O)c(OC(=O)C(C)(C)C)c1. The normalized spacial score (nSPS) is 13.2.